The Morgan fingerprint density at radius 2 is 2.44 bits per heavy atom. The summed E-state index contributed by atoms with van der Waals surface area (Å²) in [4.78, 5) is 0. The maximum Gasteiger partial charge on any atom is 0.0807 e. The summed E-state index contributed by atoms with van der Waals surface area (Å²) in [6.45, 7) is 2.92. The average molecular weight is 223 g/mol. The van der Waals surface area contributed by atoms with E-state index in [0.717, 1.165) is 37.9 Å². The number of aromatic nitrogens is 1. The molecule has 0 amide bonds. The molecule has 0 aliphatic heterocycles. The summed E-state index contributed by atoms with van der Waals surface area (Å²) in [5, 5.41) is 9.91. The molecular weight excluding hydrogens is 202 g/mol. The fraction of sp³-hybridized carbons (Fsp3) is 0.692. The molecule has 2 rings (SSSR count). The van der Waals surface area contributed by atoms with Gasteiger partial charge in [0.15, 0.2) is 0 Å². The lowest BCUT2D eigenvalue weighted by Crippen LogP contribution is -2.18. The van der Waals surface area contributed by atoms with Crippen molar-refractivity contribution in [2.24, 2.45) is 0 Å². The van der Waals surface area contributed by atoms with Crippen molar-refractivity contribution in [3.05, 3.63) is 23.5 Å². The number of aliphatic hydroxyl groups excluding tert-OH is 1. The molecule has 0 aromatic carbocycles. The molecule has 0 radical (unpaired) electrons. The van der Waals surface area contributed by atoms with E-state index in [1.54, 1.807) is 7.11 Å². The number of hydrogen-bond donors (Lipinski definition) is 1. The lowest BCUT2D eigenvalue weighted by molar-refractivity contribution is 0.143. The van der Waals surface area contributed by atoms with Gasteiger partial charge >= 0.3 is 0 Å². The Morgan fingerprint density at radius 1 is 1.62 bits per heavy atom. The molecular formula is C13H21NO2. The molecule has 1 heterocycles. The second-order valence-electron chi connectivity index (χ2n) is 4.55. The first-order chi connectivity index (χ1) is 7.77. The van der Waals surface area contributed by atoms with Crippen molar-refractivity contribution >= 4 is 0 Å². The number of fused-ring (bicyclic) bond motifs is 1. The zero-order chi connectivity index (χ0) is 11.5. The van der Waals surface area contributed by atoms with Crippen LogP contribution in [0.25, 0.3) is 0 Å². The van der Waals surface area contributed by atoms with E-state index < -0.39 is 0 Å². The van der Waals surface area contributed by atoms with Crippen molar-refractivity contribution in [1.82, 2.24) is 4.57 Å². The third-order valence-electron chi connectivity index (χ3n) is 3.53. The van der Waals surface area contributed by atoms with Gasteiger partial charge in [0.25, 0.3) is 0 Å². The number of ether oxygens (including phenoxy) is 1. The fourth-order valence-electron chi connectivity index (χ4n) is 2.62. The van der Waals surface area contributed by atoms with Crippen LogP contribution in [-0.2, 0) is 11.2 Å². The quantitative estimate of drug-likeness (QED) is 0.850. The van der Waals surface area contributed by atoms with Crippen molar-refractivity contribution in [2.75, 3.05) is 13.7 Å². The first-order valence-electron chi connectivity index (χ1n) is 6.14. The minimum Gasteiger partial charge on any atom is -0.388 e. The fourth-order valence-corrected chi connectivity index (χ4v) is 2.62. The molecule has 3 heteroatoms. The zero-order valence-corrected chi connectivity index (χ0v) is 10.1. The topological polar surface area (TPSA) is 34.4 Å². The molecule has 2 unspecified atom stereocenters. The van der Waals surface area contributed by atoms with Gasteiger partial charge < -0.3 is 14.4 Å². The Labute approximate surface area is 97.0 Å². The summed E-state index contributed by atoms with van der Waals surface area (Å²) in [7, 11) is 1.74. The van der Waals surface area contributed by atoms with Gasteiger partial charge in [0, 0.05) is 24.6 Å². The van der Waals surface area contributed by atoms with Crippen molar-refractivity contribution in [1.29, 1.82) is 0 Å². The minimum absolute atomic E-state index is 0.259. The molecule has 1 N–H and O–H groups in total. The zero-order valence-electron chi connectivity index (χ0n) is 10.1. The van der Waals surface area contributed by atoms with Gasteiger partial charge in [-0.2, -0.15) is 0 Å². The molecule has 0 bridgehead atoms. The van der Waals surface area contributed by atoms with Crippen LogP contribution < -0.4 is 0 Å². The van der Waals surface area contributed by atoms with Gasteiger partial charge in [-0.1, -0.05) is 6.92 Å². The summed E-state index contributed by atoms with van der Waals surface area (Å²) in [5.74, 6) is 0. The van der Waals surface area contributed by atoms with Crippen molar-refractivity contribution in [3.63, 3.8) is 0 Å². The van der Waals surface area contributed by atoms with Crippen LogP contribution >= 0.6 is 0 Å². The van der Waals surface area contributed by atoms with E-state index in [1.807, 2.05) is 0 Å². The maximum absolute atomic E-state index is 9.91. The van der Waals surface area contributed by atoms with Gasteiger partial charge in [0.1, 0.15) is 0 Å². The van der Waals surface area contributed by atoms with E-state index >= 15 is 0 Å². The molecule has 0 spiro atoms. The highest BCUT2D eigenvalue weighted by Crippen LogP contribution is 2.32. The summed E-state index contributed by atoms with van der Waals surface area (Å²) in [5.41, 5.74) is 2.43. The molecule has 1 aliphatic rings. The summed E-state index contributed by atoms with van der Waals surface area (Å²) < 4.78 is 7.55. The predicted octanol–water partition coefficient (Wildman–Crippen LogP) is 2.46. The van der Waals surface area contributed by atoms with E-state index in [-0.39, 0.29) is 6.10 Å². The normalized spacial score (nSPS) is 21.8. The van der Waals surface area contributed by atoms with Crippen LogP contribution in [0.5, 0.6) is 0 Å². The summed E-state index contributed by atoms with van der Waals surface area (Å²) in [6, 6.07) is 2.47. The first-order valence-corrected chi connectivity index (χ1v) is 6.14. The Balaban J connectivity index is 2.27. The minimum atomic E-state index is -0.259. The second-order valence-corrected chi connectivity index (χ2v) is 4.55. The van der Waals surface area contributed by atoms with Crippen LogP contribution in [0.15, 0.2) is 12.3 Å². The number of nitrogens with zero attached hydrogens (tertiary/aromatic N) is 1. The third-order valence-corrected chi connectivity index (χ3v) is 3.53. The number of methoxy groups -OCH3 is 1. The van der Waals surface area contributed by atoms with Gasteiger partial charge in [-0.05, 0) is 31.7 Å². The average Bonchev–Trinajstić information content (AvgIpc) is 2.71. The monoisotopic (exact) mass is 223 g/mol. The number of aliphatic hydroxyl groups is 1. The highest BCUT2D eigenvalue weighted by molar-refractivity contribution is 5.27. The molecule has 1 aliphatic carbocycles. The number of rotatable bonds is 4. The van der Waals surface area contributed by atoms with Crippen LogP contribution in [0, 0.1) is 0 Å². The van der Waals surface area contributed by atoms with Crippen molar-refractivity contribution in [2.45, 2.75) is 44.8 Å². The molecule has 0 fully saturated rings. The standard InChI is InChI=1S/C13H21NO2/c1-3-10(9-16-2)14-8-7-11-12(14)5-4-6-13(11)15/h7-8,10,13,15H,3-6,9H2,1-2H3. The molecule has 3 nitrogen and oxygen atoms in total. The third kappa shape index (κ3) is 2.02. The van der Waals surface area contributed by atoms with Crippen molar-refractivity contribution < 1.29 is 9.84 Å². The second kappa shape index (κ2) is 5.02. The van der Waals surface area contributed by atoms with Crippen LogP contribution in [0.4, 0.5) is 0 Å². The van der Waals surface area contributed by atoms with Gasteiger partial charge in [-0.3, -0.25) is 0 Å². The Kier molecular flexibility index (Phi) is 3.66. The Morgan fingerprint density at radius 3 is 3.12 bits per heavy atom. The highest BCUT2D eigenvalue weighted by Gasteiger charge is 2.23. The van der Waals surface area contributed by atoms with E-state index in [9.17, 15) is 5.11 Å². The van der Waals surface area contributed by atoms with Gasteiger partial charge in [-0.15, -0.1) is 0 Å². The maximum atomic E-state index is 9.91. The van der Waals surface area contributed by atoms with Crippen LogP contribution in [-0.4, -0.2) is 23.4 Å². The molecule has 2 atom stereocenters. The van der Waals surface area contributed by atoms with E-state index in [4.69, 9.17) is 4.74 Å². The van der Waals surface area contributed by atoms with E-state index in [1.165, 1.54) is 5.69 Å². The first kappa shape index (κ1) is 11.7. The molecule has 0 saturated heterocycles. The predicted molar refractivity (Wildman–Crippen MR) is 63.5 cm³/mol. The van der Waals surface area contributed by atoms with Crippen LogP contribution in [0.2, 0.25) is 0 Å². The number of hydrogen-bond acceptors (Lipinski definition) is 2. The lowest BCUT2D eigenvalue weighted by Gasteiger charge is -2.24. The van der Waals surface area contributed by atoms with Gasteiger partial charge in [-0.25, -0.2) is 0 Å². The highest BCUT2D eigenvalue weighted by atomic mass is 16.5. The smallest absolute Gasteiger partial charge is 0.0807 e. The Bertz CT molecular complexity index is 346. The summed E-state index contributed by atoms with van der Waals surface area (Å²) in [6.07, 6.45) is 5.97. The molecule has 1 aromatic heterocycles. The molecule has 0 saturated carbocycles. The lowest BCUT2D eigenvalue weighted by atomic mass is 9.95. The van der Waals surface area contributed by atoms with Gasteiger partial charge in [0.05, 0.1) is 18.8 Å². The van der Waals surface area contributed by atoms with E-state index in [0.29, 0.717) is 6.04 Å². The van der Waals surface area contributed by atoms with Crippen LogP contribution in [0.1, 0.15) is 49.6 Å². The van der Waals surface area contributed by atoms with Gasteiger partial charge in [0.2, 0.25) is 0 Å². The molecule has 1 aromatic rings. The molecule has 16 heavy (non-hydrogen) atoms. The summed E-state index contributed by atoms with van der Waals surface area (Å²) >= 11 is 0. The van der Waals surface area contributed by atoms with Crippen molar-refractivity contribution in [3.8, 4) is 0 Å². The largest absolute Gasteiger partial charge is 0.388 e. The molecule has 90 valence electrons. The van der Waals surface area contributed by atoms with Crippen LogP contribution in [0.3, 0.4) is 0 Å². The van der Waals surface area contributed by atoms with E-state index in [2.05, 4.69) is 23.8 Å². The SMILES string of the molecule is CCC(COC)n1ccc2c1CCCC2O. The Hall–Kier alpha value is -0.800.